The predicted octanol–water partition coefficient (Wildman–Crippen LogP) is 1.95. The van der Waals surface area contributed by atoms with Crippen LogP contribution in [0.1, 0.15) is 39.0 Å². The molecule has 0 unspecified atom stereocenters. The SMILES string of the molecule is CCC1(O)C2CCC1CC2. The molecule has 10 heavy (non-hydrogen) atoms. The van der Waals surface area contributed by atoms with Gasteiger partial charge >= 0.3 is 0 Å². The van der Waals surface area contributed by atoms with Crippen molar-refractivity contribution in [2.45, 2.75) is 44.6 Å². The van der Waals surface area contributed by atoms with Crippen molar-refractivity contribution in [3.63, 3.8) is 0 Å². The normalized spacial score (nSPS) is 52.2. The van der Waals surface area contributed by atoms with Crippen molar-refractivity contribution in [1.82, 2.24) is 0 Å². The lowest BCUT2D eigenvalue weighted by atomic mass is 9.89. The van der Waals surface area contributed by atoms with E-state index in [2.05, 4.69) is 6.92 Å². The third-order valence-corrected chi connectivity index (χ3v) is 3.71. The van der Waals surface area contributed by atoms with Crippen molar-refractivity contribution in [2.75, 3.05) is 0 Å². The summed E-state index contributed by atoms with van der Waals surface area (Å²) in [5, 5.41) is 10.1. The van der Waals surface area contributed by atoms with E-state index in [4.69, 9.17) is 0 Å². The van der Waals surface area contributed by atoms with Gasteiger partial charge in [0.2, 0.25) is 0 Å². The van der Waals surface area contributed by atoms with Crippen LogP contribution in [-0.4, -0.2) is 10.7 Å². The van der Waals surface area contributed by atoms with Crippen molar-refractivity contribution in [2.24, 2.45) is 11.8 Å². The lowest BCUT2D eigenvalue weighted by Crippen LogP contribution is -2.32. The van der Waals surface area contributed by atoms with Crippen LogP contribution in [-0.2, 0) is 0 Å². The van der Waals surface area contributed by atoms with E-state index in [1.807, 2.05) is 0 Å². The molecular formula is C9H16O. The second kappa shape index (κ2) is 1.97. The molecule has 2 rings (SSSR count). The maximum absolute atomic E-state index is 10.1. The molecule has 2 aliphatic carbocycles. The van der Waals surface area contributed by atoms with Crippen LogP contribution < -0.4 is 0 Å². The Balaban J connectivity index is 2.22. The summed E-state index contributed by atoms with van der Waals surface area (Å²) >= 11 is 0. The van der Waals surface area contributed by atoms with E-state index in [1.54, 1.807) is 0 Å². The van der Waals surface area contributed by atoms with Crippen LogP contribution >= 0.6 is 0 Å². The van der Waals surface area contributed by atoms with Gasteiger partial charge in [-0.15, -0.1) is 0 Å². The van der Waals surface area contributed by atoms with Gasteiger partial charge in [-0.1, -0.05) is 6.92 Å². The van der Waals surface area contributed by atoms with Crippen molar-refractivity contribution in [1.29, 1.82) is 0 Å². The van der Waals surface area contributed by atoms with Gasteiger partial charge in [0, 0.05) is 0 Å². The van der Waals surface area contributed by atoms with E-state index in [0.717, 1.165) is 6.42 Å². The minimum Gasteiger partial charge on any atom is -0.389 e. The Morgan fingerprint density at radius 2 is 1.60 bits per heavy atom. The van der Waals surface area contributed by atoms with Crippen LogP contribution in [0.25, 0.3) is 0 Å². The first-order valence-electron chi connectivity index (χ1n) is 4.49. The highest BCUT2D eigenvalue weighted by Crippen LogP contribution is 2.53. The fraction of sp³-hybridized carbons (Fsp3) is 1.00. The summed E-state index contributed by atoms with van der Waals surface area (Å²) in [6.07, 6.45) is 6.12. The second-order valence-corrected chi connectivity index (χ2v) is 3.89. The summed E-state index contributed by atoms with van der Waals surface area (Å²) in [5.41, 5.74) is -0.236. The van der Waals surface area contributed by atoms with Crippen LogP contribution in [0.4, 0.5) is 0 Å². The topological polar surface area (TPSA) is 20.2 Å². The maximum Gasteiger partial charge on any atom is 0.0701 e. The molecular weight excluding hydrogens is 124 g/mol. The van der Waals surface area contributed by atoms with E-state index in [0.29, 0.717) is 11.8 Å². The molecule has 0 radical (unpaired) electrons. The van der Waals surface area contributed by atoms with Crippen LogP contribution in [0.15, 0.2) is 0 Å². The minimum atomic E-state index is -0.236. The van der Waals surface area contributed by atoms with Crippen molar-refractivity contribution >= 4 is 0 Å². The van der Waals surface area contributed by atoms with Gasteiger partial charge in [0.1, 0.15) is 0 Å². The van der Waals surface area contributed by atoms with Gasteiger partial charge in [0.25, 0.3) is 0 Å². The predicted molar refractivity (Wildman–Crippen MR) is 40.7 cm³/mol. The van der Waals surface area contributed by atoms with Crippen molar-refractivity contribution < 1.29 is 5.11 Å². The molecule has 0 aromatic heterocycles. The Labute approximate surface area is 62.4 Å². The molecule has 0 atom stereocenters. The highest BCUT2D eigenvalue weighted by atomic mass is 16.3. The first kappa shape index (κ1) is 6.66. The van der Waals surface area contributed by atoms with Gasteiger partial charge in [0.15, 0.2) is 0 Å². The molecule has 0 amide bonds. The van der Waals surface area contributed by atoms with E-state index >= 15 is 0 Å². The first-order chi connectivity index (χ1) is 4.77. The monoisotopic (exact) mass is 140 g/mol. The lowest BCUT2D eigenvalue weighted by molar-refractivity contribution is -0.00845. The molecule has 1 nitrogen and oxygen atoms in total. The van der Waals surface area contributed by atoms with E-state index < -0.39 is 0 Å². The highest BCUT2D eigenvalue weighted by molar-refractivity contribution is 5.02. The molecule has 1 heteroatoms. The fourth-order valence-electron chi connectivity index (χ4n) is 3.00. The molecule has 2 aliphatic rings. The van der Waals surface area contributed by atoms with Crippen molar-refractivity contribution in [3.8, 4) is 0 Å². The molecule has 2 bridgehead atoms. The summed E-state index contributed by atoms with van der Waals surface area (Å²) in [7, 11) is 0. The lowest BCUT2D eigenvalue weighted by Gasteiger charge is -2.26. The van der Waals surface area contributed by atoms with Gasteiger partial charge < -0.3 is 5.11 Å². The summed E-state index contributed by atoms with van der Waals surface area (Å²) < 4.78 is 0. The number of hydrogen-bond donors (Lipinski definition) is 1. The van der Waals surface area contributed by atoms with Crippen LogP contribution in [0.2, 0.25) is 0 Å². The average molecular weight is 140 g/mol. The van der Waals surface area contributed by atoms with E-state index in [-0.39, 0.29) is 5.60 Å². The Kier molecular flexibility index (Phi) is 1.31. The highest BCUT2D eigenvalue weighted by Gasteiger charge is 2.51. The van der Waals surface area contributed by atoms with Gasteiger partial charge in [-0.3, -0.25) is 0 Å². The maximum atomic E-state index is 10.1. The molecule has 2 saturated carbocycles. The molecule has 0 heterocycles. The summed E-state index contributed by atoms with van der Waals surface area (Å²) in [4.78, 5) is 0. The smallest absolute Gasteiger partial charge is 0.0701 e. The van der Waals surface area contributed by atoms with Gasteiger partial charge in [-0.25, -0.2) is 0 Å². The number of aliphatic hydroxyl groups is 1. The molecule has 0 aliphatic heterocycles. The summed E-state index contributed by atoms with van der Waals surface area (Å²) in [6, 6.07) is 0. The molecule has 0 saturated heterocycles. The van der Waals surface area contributed by atoms with Gasteiger partial charge in [0.05, 0.1) is 5.60 Å². The number of hydrogen-bond acceptors (Lipinski definition) is 1. The third kappa shape index (κ3) is 0.619. The number of fused-ring (bicyclic) bond motifs is 2. The summed E-state index contributed by atoms with van der Waals surface area (Å²) in [6.45, 7) is 2.12. The van der Waals surface area contributed by atoms with Gasteiger partial charge in [-0.05, 0) is 43.9 Å². The Morgan fingerprint density at radius 1 is 1.20 bits per heavy atom. The molecule has 2 fully saturated rings. The Hall–Kier alpha value is -0.0400. The van der Waals surface area contributed by atoms with Crippen molar-refractivity contribution in [3.05, 3.63) is 0 Å². The zero-order chi connectivity index (χ0) is 7.19. The van der Waals surface area contributed by atoms with E-state index in [9.17, 15) is 5.11 Å². The average Bonchev–Trinajstić information content (AvgIpc) is 2.46. The largest absolute Gasteiger partial charge is 0.389 e. The Morgan fingerprint density at radius 3 is 1.80 bits per heavy atom. The van der Waals surface area contributed by atoms with E-state index in [1.165, 1.54) is 25.7 Å². The molecule has 0 aromatic carbocycles. The fourth-order valence-corrected chi connectivity index (χ4v) is 3.00. The zero-order valence-corrected chi connectivity index (χ0v) is 6.64. The van der Waals surface area contributed by atoms with Crippen LogP contribution in [0.5, 0.6) is 0 Å². The zero-order valence-electron chi connectivity index (χ0n) is 6.64. The minimum absolute atomic E-state index is 0.236. The molecule has 0 spiro atoms. The molecule has 1 N–H and O–H groups in total. The second-order valence-electron chi connectivity index (χ2n) is 3.89. The molecule has 0 aromatic rings. The van der Waals surface area contributed by atoms with Gasteiger partial charge in [-0.2, -0.15) is 0 Å². The number of rotatable bonds is 1. The van der Waals surface area contributed by atoms with Crippen LogP contribution in [0.3, 0.4) is 0 Å². The quantitative estimate of drug-likeness (QED) is 0.590. The first-order valence-corrected chi connectivity index (χ1v) is 4.49. The Bertz CT molecular complexity index is 122. The third-order valence-electron chi connectivity index (χ3n) is 3.71. The molecule has 58 valence electrons. The summed E-state index contributed by atoms with van der Waals surface area (Å²) in [5.74, 6) is 1.31. The standard InChI is InChI=1S/C9H16O/c1-2-9(10)7-3-4-8(9)6-5-7/h7-8,10H,2-6H2,1H3. The van der Waals surface area contributed by atoms with Crippen LogP contribution in [0, 0.1) is 11.8 Å².